The summed E-state index contributed by atoms with van der Waals surface area (Å²) in [5.41, 5.74) is 19.7. The van der Waals surface area contributed by atoms with Gasteiger partial charge in [0, 0.05) is 61.6 Å². The van der Waals surface area contributed by atoms with Gasteiger partial charge >= 0.3 is 0 Å². The summed E-state index contributed by atoms with van der Waals surface area (Å²) in [6.45, 7) is 0. The van der Waals surface area contributed by atoms with Gasteiger partial charge in [-0.05, 0) is 131 Å². The van der Waals surface area contributed by atoms with E-state index in [4.69, 9.17) is 11.1 Å². The van der Waals surface area contributed by atoms with E-state index in [1.807, 2.05) is 0 Å². The number of hydrogen-bond donors (Lipinski definition) is 3. The molecule has 6 heteroatoms. The second-order valence-electron chi connectivity index (χ2n) is 19.2. The monoisotopic (exact) mass is 967 g/mol. The molecule has 5 nitrogen and oxygen atoms in total. The Bertz CT molecular complexity index is 3370. The van der Waals surface area contributed by atoms with Crippen molar-refractivity contribution in [2.24, 2.45) is 5.73 Å². The average Bonchev–Trinajstić information content (AvgIpc) is 3.76. The van der Waals surface area contributed by atoms with Crippen LogP contribution in [0.15, 0.2) is 231 Å². The first-order chi connectivity index (χ1) is 36.1. The molecule has 0 saturated carbocycles. The summed E-state index contributed by atoms with van der Waals surface area (Å²) >= 11 is 4.36. The number of nitrogens with two attached hydrogens (primary N) is 1. The molecular weight excluding hydrogens is 907 g/mol. The lowest BCUT2D eigenvalue weighted by atomic mass is 9.87. The van der Waals surface area contributed by atoms with Gasteiger partial charge in [-0.25, -0.2) is 0 Å². The van der Waals surface area contributed by atoms with E-state index in [-0.39, 0.29) is 11.8 Å². The average molecular weight is 968 g/mol. The summed E-state index contributed by atoms with van der Waals surface area (Å²) in [7, 11) is 0. The predicted molar refractivity (Wildman–Crippen MR) is 316 cm³/mol. The first kappa shape index (κ1) is 47.3. The van der Waals surface area contributed by atoms with E-state index in [2.05, 4.69) is 258 Å². The smallest absolute Gasteiger partial charge is 0.0981 e. The van der Waals surface area contributed by atoms with Gasteiger partial charge in [-0.3, -0.25) is 5.41 Å². The van der Waals surface area contributed by atoms with Crippen LogP contribution < -0.4 is 15.5 Å². The normalized spacial score (nSPS) is 11.9. The van der Waals surface area contributed by atoms with Gasteiger partial charge in [0.05, 0.1) is 22.6 Å². The number of nitrogens with zero attached hydrogens (tertiary/aromatic N) is 3. The number of rotatable bonds is 19. The van der Waals surface area contributed by atoms with Crippen molar-refractivity contribution in [3.8, 4) is 16.8 Å². The van der Waals surface area contributed by atoms with E-state index >= 15 is 0 Å². The van der Waals surface area contributed by atoms with Crippen LogP contribution in [0.5, 0.6) is 0 Å². The second-order valence-corrected chi connectivity index (χ2v) is 19.6. The molecule has 0 aliphatic rings. The minimum Gasteiger partial charge on any atom is -0.387 e. The molecule has 0 saturated heterocycles. The third-order valence-corrected chi connectivity index (χ3v) is 14.9. The number of fused-ring (bicyclic) bond motifs is 5. The number of unbranched alkanes of at least 4 members (excludes halogenated alkanes) is 6. The van der Waals surface area contributed by atoms with Gasteiger partial charge in [0.25, 0.3) is 0 Å². The van der Waals surface area contributed by atoms with Crippen molar-refractivity contribution in [2.75, 3.05) is 15.6 Å². The molecule has 0 aliphatic carbocycles. The highest BCUT2D eigenvalue weighted by atomic mass is 32.1. The number of anilines is 6. The van der Waals surface area contributed by atoms with Gasteiger partial charge in [0.2, 0.25) is 0 Å². The Balaban J connectivity index is 1.08. The predicted octanol–water partition coefficient (Wildman–Crippen LogP) is 18.8. The first-order valence-corrected chi connectivity index (χ1v) is 26.6. The molecule has 1 aromatic heterocycles. The van der Waals surface area contributed by atoms with Crippen molar-refractivity contribution in [3.05, 3.63) is 236 Å². The number of hydrogen-bond acceptors (Lipinski definition) is 4. The maximum atomic E-state index is 8.61. The highest BCUT2D eigenvalue weighted by Gasteiger charge is 2.24. The maximum Gasteiger partial charge on any atom is 0.0981 e. The van der Waals surface area contributed by atoms with E-state index in [0.29, 0.717) is 0 Å². The highest BCUT2D eigenvalue weighted by molar-refractivity contribution is 7.80. The Morgan fingerprint density at radius 3 is 1.21 bits per heavy atom. The molecule has 0 bridgehead atoms. The molecular formula is C67H61N5S. The lowest BCUT2D eigenvalue weighted by Gasteiger charge is -2.26. The van der Waals surface area contributed by atoms with Crippen LogP contribution in [0.25, 0.3) is 60.2 Å². The van der Waals surface area contributed by atoms with E-state index in [1.54, 1.807) is 0 Å². The SMILES string of the molecule is N=C(N)C(CCCCCCCCCS)c1ccc(-c2c3ccccc3c(-n3c4ccc(N(c5ccccc5)c5ccccc5)cc4c4cc(N(c5ccccc5)c5ccccc5)ccc43)c3ccccc23)cc1. The van der Waals surface area contributed by atoms with Gasteiger partial charge in [-0.2, -0.15) is 12.6 Å². The van der Waals surface area contributed by atoms with Crippen molar-refractivity contribution in [2.45, 2.75) is 57.3 Å². The molecule has 0 amide bonds. The summed E-state index contributed by atoms with van der Waals surface area (Å²) in [6, 6.07) is 83.3. The van der Waals surface area contributed by atoms with Crippen LogP contribution in [0.3, 0.4) is 0 Å². The van der Waals surface area contributed by atoms with Gasteiger partial charge < -0.3 is 20.1 Å². The van der Waals surface area contributed by atoms with Crippen LogP contribution in [0, 0.1) is 5.41 Å². The summed E-state index contributed by atoms with van der Waals surface area (Å²) in [6.07, 6.45) is 9.34. The largest absolute Gasteiger partial charge is 0.387 e. The molecule has 3 N–H and O–H groups in total. The molecule has 0 aliphatic heterocycles. The molecule has 0 spiro atoms. The number of aromatic nitrogens is 1. The lowest BCUT2D eigenvalue weighted by Crippen LogP contribution is -2.20. The van der Waals surface area contributed by atoms with Gasteiger partial charge in [0.1, 0.15) is 0 Å². The zero-order valence-electron chi connectivity index (χ0n) is 41.2. The van der Waals surface area contributed by atoms with Crippen molar-refractivity contribution < 1.29 is 0 Å². The molecule has 10 aromatic carbocycles. The quantitative estimate of drug-likeness (QED) is 0.0249. The van der Waals surface area contributed by atoms with E-state index in [1.165, 1.54) is 65.6 Å². The Kier molecular flexibility index (Phi) is 14.1. The maximum absolute atomic E-state index is 8.61. The molecule has 73 heavy (non-hydrogen) atoms. The van der Waals surface area contributed by atoms with Crippen LogP contribution in [-0.4, -0.2) is 16.2 Å². The van der Waals surface area contributed by atoms with E-state index in [0.717, 1.165) is 91.3 Å². The van der Waals surface area contributed by atoms with Crippen molar-refractivity contribution in [1.29, 1.82) is 5.41 Å². The van der Waals surface area contributed by atoms with Gasteiger partial charge in [-0.15, -0.1) is 0 Å². The minimum atomic E-state index is -0.0923. The fourth-order valence-electron chi connectivity index (χ4n) is 11.1. The highest BCUT2D eigenvalue weighted by Crippen LogP contribution is 2.47. The molecule has 0 radical (unpaired) electrons. The van der Waals surface area contributed by atoms with Crippen molar-refractivity contribution in [3.63, 3.8) is 0 Å². The van der Waals surface area contributed by atoms with Crippen LogP contribution in [0.2, 0.25) is 0 Å². The second kappa shape index (κ2) is 21.7. The number of benzene rings is 10. The van der Waals surface area contributed by atoms with Crippen molar-refractivity contribution >= 4 is 95.9 Å². The first-order valence-electron chi connectivity index (χ1n) is 25.9. The fraction of sp³-hybridized carbons (Fsp3) is 0.149. The lowest BCUT2D eigenvalue weighted by molar-refractivity contribution is 0.568. The third kappa shape index (κ3) is 9.59. The molecule has 0 fully saturated rings. The zero-order valence-corrected chi connectivity index (χ0v) is 42.1. The van der Waals surface area contributed by atoms with Gasteiger partial charge in [0.15, 0.2) is 0 Å². The Morgan fingerprint density at radius 1 is 0.411 bits per heavy atom. The van der Waals surface area contributed by atoms with Crippen LogP contribution in [0.4, 0.5) is 34.1 Å². The zero-order chi connectivity index (χ0) is 49.5. The molecule has 11 rings (SSSR count). The minimum absolute atomic E-state index is 0.0923. The van der Waals surface area contributed by atoms with E-state index in [9.17, 15) is 0 Å². The van der Waals surface area contributed by atoms with Crippen LogP contribution in [-0.2, 0) is 0 Å². The van der Waals surface area contributed by atoms with E-state index < -0.39 is 0 Å². The molecule has 1 atom stereocenters. The summed E-state index contributed by atoms with van der Waals surface area (Å²) in [4.78, 5) is 4.70. The number of thiol groups is 1. The van der Waals surface area contributed by atoms with Crippen LogP contribution >= 0.6 is 12.6 Å². The number of amidine groups is 1. The molecule has 360 valence electrons. The fourth-order valence-corrected chi connectivity index (χ4v) is 11.3. The number of para-hydroxylation sites is 4. The summed E-state index contributed by atoms with van der Waals surface area (Å²) in [5, 5.41) is 15.6. The van der Waals surface area contributed by atoms with Crippen molar-refractivity contribution in [1.82, 2.24) is 4.57 Å². The molecule has 1 unspecified atom stereocenters. The Labute approximate surface area is 435 Å². The van der Waals surface area contributed by atoms with Gasteiger partial charge in [-0.1, -0.05) is 184 Å². The standard InChI is InChI=1S/C67H61N5S/c68-67(69)56(32-18-4-2-1-3-5-23-45-73)48-37-39-49(40-38-48)65-57-33-19-21-35-59(57)66(60-36-22-20-34-58(60)65)72-63-43-41-54(70(50-24-10-6-11-25-50)51-26-12-7-13-27-51)46-61(63)62-47-55(42-44-64(62)72)71(52-28-14-8-15-29-52)53-30-16-9-17-31-53/h6-17,19-22,24-31,33-44,46-47,56,73H,1-5,18,23,32,45H2,(H3,68,69). The number of nitrogens with one attached hydrogen (secondary N) is 1. The summed E-state index contributed by atoms with van der Waals surface area (Å²) < 4.78 is 2.51. The molecule has 11 aromatic rings. The molecule has 1 heterocycles. The van der Waals surface area contributed by atoms with Crippen LogP contribution in [0.1, 0.15) is 62.8 Å². The topological polar surface area (TPSA) is 61.3 Å². The Hall–Kier alpha value is -8.06. The third-order valence-electron chi connectivity index (χ3n) is 14.6. The summed E-state index contributed by atoms with van der Waals surface area (Å²) in [5.74, 6) is 1.12. The Morgan fingerprint density at radius 2 is 0.795 bits per heavy atom.